The van der Waals surface area contributed by atoms with Gasteiger partial charge in [-0.05, 0) is 48.7 Å². The van der Waals surface area contributed by atoms with E-state index in [4.69, 9.17) is 9.47 Å². The molecule has 1 aliphatic carbocycles. The number of pyridine rings is 1. The highest BCUT2D eigenvalue weighted by molar-refractivity contribution is 7.89. The smallest absolute Gasteiger partial charge is 0.251 e. The number of nitrogens with one attached hydrogen (secondary N) is 2. The van der Waals surface area contributed by atoms with Gasteiger partial charge in [-0.25, -0.2) is 18.1 Å². The maximum Gasteiger partial charge on any atom is 0.251 e. The summed E-state index contributed by atoms with van der Waals surface area (Å²) >= 11 is 0. The van der Waals surface area contributed by atoms with Crippen molar-refractivity contribution in [1.29, 1.82) is 0 Å². The normalized spacial score (nSPS) is 16.7. The van der Waals surface area contributed by atoms with E-state index in [0.29, 0.717) is 19.8 Å². The number of benzene rings is 1. The summed E-state index contributed by atoms with van der Waals surface area (Å²) in [6.45, 7) is 3.19. The first-order valence-corrected chi connectivity index (χ1v) is 11.7. The number of rotatable bonds is 8. The lowest BCUT2D eigenvalue weighted by Crippen LogP contribution is -2.36. The van der Waals surface area contributed by atoms with Crippen LogP contribution in [0.2, 0.25) is 0 Å². The first kappa shape index (κ1) is 21.5. The second kappa shape index (κ2) is 9.21. The van der Waals surface area contributed by atoms with Crippen molar-refractivity contribution >= 4 is 21.7 Å². The minimum atomic E-state index is -3.76. The van der Waals surface area contributed by atoms with Crippen LogP contribution in [-0.4, -0.2) is 58.8 Å². The van der Waals surface area contributed by atoms with Crippen LogP contribution in [0.4, 0.5) is 5.82 Å². The van der Waals surface area contributed by atoms with Gasteiger partial charge in [0.05, 0.1) is 20.3 Å². The fourth-order valence-corrected chi connectivity index (χ4v) is 4.83. The number of hydrogen-bond donors (Lipinski definition) is 2. The number of morpholine rings is 1. The molecular formula is C21H26N4O5S. The lowest BCUT2D eigenvalue weighted by Gasteiger charge is -2.28. The highest BCUT2D eigenvalue weighted by Crippen LogP contribution is 2.28. The van der Waals surface area contributed by atoms with Crippen LogP contribution >= 0.6 is 0 Å². The summed E-state index contributed by atoms with van der Waals surface area (Å²) < 4.78 is 38.5. The Labute approximate surface area is 181 Å². The highest BCUT2D eigenvalue weighted by atomic mass is 32.2. The van der Waals surface area contributed by atoms with E-state index in [1.165, 1.54) is 19.2 Å². The topological polar surface area (TPSA) is 110 Å². The SMILES string of the molecule is COc1ccc(C(=O)NCc2ccnc(N3CCOCC3)c2)cc1S(=O)(=O)NC1CC1. The van der Waals surface area contributed by atoms with Gasteiger partial charge in [-0.1, -0.05) is 0 Å². The lowest BCUT2D eigenvalue weighted by molar-refractivity contribution is 0.0950. The molecule has 10 heteroatoms. The number of methoxy groups -OCH3 is 1. The average molecular weight is 447 g/mol. The molecule has 1 amide bonds. The number of ether oxygens (including phenoxy) is 2. The molecule has 4 rings (SSSR count). The van der Waals surface area contributed by atoms with Crippen molar-refractivity contribution in [3.8, 4) is 5.75 Å². The molecule has 2 heterocycles. The molecule has 0 bridgehead atoms. The Kier molecular flexibility index (Phi) is 6.40. The number of carbonyl (C=O) groups is 1. The predicted molar refractivity (Wildman–Crippen MR) is 115 cm³/mol. The maximum atomic E-state index is 12.7. The van der Waals surface area contributed by atoms with Crippen LogP contribution in [0.25, 0.3) is 0 Å². The summed E-state index contributed by atoms with van der Waals surface area (Å²) in [6.07, 6.45) is 3.36. The Bertz CT molecular complexity index is 1050. The number of sulfonamides is 1. The molecule has 0 unspecified atom stereocenters. The minimum absolute atomic E-state index is 0.0342. The van der Waals surface area contributed by atoms with Crippen LogP contribution < -0.4 is 19.7 Å². The van der Waals surface area contributed by atoms with Gasteiger partial charge in [0.15, 0.2) is 0 Å². The third kappa shape index (κ3) is 5.33. The van der Waals surface area contributed by atoms with E-state index in [9.17, 15) is 13.2 Å². The molecule has 1 saturated heterocycles. The third-order valence-electron chi connectivity index (χ3n) is 5.21. The Hall–Kier alpha value is -2.69. The van der Waals surface area contributed by atoms with Crippen molar-refractivity contribution in [3.05, 3.63) is 47.7 Å². The highest BCUT2D eigenvalue weighted by Gasteiger charge is 2.30. The van der Waals surface area contributed by atoms with Crippen molar-refractivity contribution in [2.45, 2.75) is 30.3 Å². The Morgan fingerprint density at radius 3 is 2.71 bits per heavy atom. The zero-order valence-corrected chi connectivity index (χ0v) is 18.2. The number of aromatic nitrogens is 1. The lowest BCUT2D eigenvalue weighted by atomic mass is 10.2. The fourth-order valence-electron chi connectivity index (χ4n) is 3.33. The molecule has 0 radical (unpaired) electrons. The van der Waals surface area contributed by atoms with Gasteiger partial charge in [-0.3, -0.25) is 4.79 Å². The Morgan fingerprint density at radius 1 is 1.23 bits per heavy atom. The van der Waals surface area contributed by atoms with Gasteiger partial charge in [0.2, 0.25) is 10.0 Å². The van der Waals surface area contributed by atoms with Crippen LogP contribution in [0.3, 0.4) is 0 Å². The second-order valence-corrected chi connectivity index (χ2v) is 9.25. The van der Waals surface area contributed by atoms with Gasteiger partial charge < -0.3 is 19.7 Å². The molecule has 1 aromatic heterocycles. The summed E-state index contributed by atoms with van der Waals surface area (Å²) in [5, 5.41) is 2.85. The molecule has 2 aromatic rings. The summed E-state index contributed by atoms with van der Waals surface area (Å²) in [7, 11) is -2.36. The molecule has 166 valence electrons. The monoisotopic (exact) mass is 446 g/mol. The Morgan fingerprint density at radius 2 is 2.00 bits per heavy atom. The van der Waals surface area contributed by atoms with Crippen LogP contribution in [0, 0.1) is 0 Å². The van der Waals surface area contributed by atoms with Gasteiger partial charge in [-0.15, -0.1) is 0 Å². The quantitative estimate of drug-likeness (QED) is 0.629. The first-order valence-electron chi connectivity index (χ1n) is 10.2. The van der Waals surface area contributed by atoms with E-state index in [-0.39, 0.29) is 28.2 Å². The van der Waals surface area contributed by atoms with Crippen molar-refractivity contribution in [2.75, 3.05) is 38.3 Å². The summed E-state index contributed by atoms with van der Waals surface area (Å²) in [4.78, 5) is 19.2. The molecular weight excluding hydrogens is 420 g/mol. The largest absolute Gasteiger partial charge is 0.495 e. The average Bonchev–Trinajstić information content (AvgIpc) is 3.61. The summed E-state index contributed by atoms with van der Waals surface area (Å²) in [6, 6.07) is 8.14. The van der Waals surface area contributed by atoms with E-state index in [1.807, 2.05) is 12.1 Å². The molecule has 1 aromatic carbocycles. The van der Waals surface area contributed by atoms with Crippen molar-refractivity contribution in [1.82, 2.24) is 15.0 Å². The molecule has 2 fully saturated rings. The zero-order chi connectivity index (χ0) is 21.8. The minimum Gasteiger partial charge on any atom is -0.495 e. The summed E-state index contributed by atoms with van der Waals surface area (Å²) in [5.74, 6) is 0.684. The molecule has 31 heavy (non-hydrogen) atoms. The van der Waals surface area contributed by atoms with Crippen molar-refractivity contribution in [3.63, 3.8) is 0 Å². The predicted octanol–water partition coefficient (Wildman–Crippen LogP) is 1.30. The first-order chi connectivity index (χ1) is 15.0. The van der Waals surface area contributed by atoms with E-state index >= 15 is 0 Å². The molecule has 2 aliphatic rings. The van der Waals surface area contributed by atoms with Crippen LogP contribution in [-0.2, 0) is 21.3 Å². The van der Waals surface area contributed by atoms with Crippen LogP contribution in [0.15, 0.2) is 41.4 Å². The number of carbonyl (C=O) groups excluding carboxylic acids is 1. The van der Waals surface area contributed by atoms with Gasteiger partial charge in [-0.2, -0.15) is 0 Å². The molecule has 1 aliphatic heterocycles. The van der Waals surface area contributed by atoms with E-state index in [0.717, 1.165) is 37.3 Å². The Balaban J connectivity index is 1.46. The van der Waals surface area contributed by atoms with E-state index in [2.05, 4.69) is 19.9 Å². The molecule has 9 nitrogen and oxygen atoms in total. The number of nitrogens with zero attached hydrogens (tertiary/aromatic N) is 2. The third-order valence-corrected chi connectivity index (χ3v) is 6.75. The van der Waals surface area contributed by atoms with Crippen molar-refractivity contribution in [2.24, 2.45) is 0 Å². The molecule has 0 spiro atoms. The zero-order valence-electron chi connectivity index (χ0n) is 17.3. The van der Waals surface area contributed by atoms with Gasteiger partial charge in [0.1, 0.15) is 16.5 Å². The number of anilines is 1. The van der Waals surface area contributed by atoms with Gasteiger partial charge >= 0.3 is 0 Å². The second-order valence-electron chi connectivity index (χ2n) is 7.57. The number of hydrogen-bond acceptors (Lipinski definition) is 7. The standard InChI is InChI=1S/C21H26N4O5S/c1-29-18-5-2-16(13-19(18)31(27,28)24-17-3-4-17)21(26)23-14-15-6-7-22-20(12-15)25-8-10-30-11-9-25/h2,5-7,12-13,17,24H,3-4,8-11,14H2,1H3,(H,23,26). The fraction of sp³-hybridized carbons (Fsp3) is 0.429. The van der Waals surface area contributed by atoms with Crippen LogP contribution in [0.1, 0.15) is 28.8 Å². The maximum absolute atomic E-state index is 12.7. The molecule has 1 saturated carbocycles. The van der Waals surface area contributed by atoms with Crippen molar-refractivity contribution < 1.29 is 22.7 Å². The molecule has 2 N–H and O–H groups in total. The van der Waals surface area contributed by atoms with Gasteiger partial charge in [0.25, 0.3) is 5.91 Å². The number of amides is 1. The van der Waals surface area contributed by atoms with E-state index in [1.54, 1.807) is 12.3 Å². The van der Waals surface area contributed by atoms with Crippen LogP contribution in [0.5, 0.6) is 5.75 Å². The summed E-state index contributed by atoms with van der Waals surface area (Å²) in [5.41, 5.74) is 1.15. The molecule has 0 atom stereocenters. The van der Waals surface area contributed by atoms with Gasteiger partial charge in [0, 0.05) is 37.4 Å². The van der Waals surface area contributed by atoms with E-state index < -0.39 is 10.0 Å².